The molecule has 1 rings (SSSR count). The number of benzene rings is 1. The summed E-state index contributed by atoms with van der Waals surface area (Å²) in [4.78, 5) is 51.8. The van der Waals surface area contributed by atoms with Crippen molar-refractivity contribution in [3.63, 3.8) is 0 Å². The summed E-state index contributed by atoms with van der Waals surface area (Å²) in [6.45, 7) is 3.70. The Kier molecular flexibility index (Phi) is 39.1. The van der Waals surface area contributed by atoms with Gasteiger partial charge in [0.15, 0.2) is 0 Å². The number of carboxylic acid groups (broad SMARTS) is 4. The average molecular weight is 654 g/mol. The SMILES string of the molecule is CCCCC(C(=O)O)C(CCCC)C(=O)O.N.N.O=C(O)CCCCCCCC(=O)O.O=[N+]([O-])c1ccc(O)cc1.OCCO. The van der Waals surface area contributed by atoms with E-state index in [0.717, 1.165) is 44.9 Å². The van der Waals surface area contributed by atoms with Crippen LogP contribution in [0.5, 0.6) is 5.75 Å². The second-order valence-electron chi connectivity index (χ2n) is 9.45. The van der Waals surface area contributed by atoms with E-state index in [1.807, 2.05) is 13.8 Å². The minimum Gasteiger partial charge on any atom is -0.508 e. The Morgan fingerprint density at radius 3 is 1.24 bits per heavy atom. The van der Waals surface area contributed by atoms with Gasteiger partial charge in [-0.1, -0.05) is 58.8 Å². The van der Waals surface area contributed by atoms with Gasteiger partial charge in [-0.15, -0.1) is 0 Å². The van der Waals surface area contributed by atoms with Gasteiger partial charge in [0, 0.05) is 25.0 Å². The lowest BCUT2D eigenvalue weighted by Crippen LogP contribution is -2.29. The maximum absolute atomic E-state index is 11.1. The first-order chi connectivity index (χ1) is 20.3. The van der Waals surface area contributed by atoms with Gasteiger partial charge < -0.3 is 48.0 Å². The number of aliphatic carboxylic acids is 4. The predicted octanol–water partition coefficient (Wildman–Crippen LogP) is 5.25. The van der Waals surface area contributed by atoms with Crippen LogP contribution in [0.4, 0.5) is 5.69 Å². The normalized spacial score (nSPS) is 10.7. The second-order valence-corrected chi connectivity index (χ2v) is 9.45. The van der Waals surface area contributed by atoms with Crippen LogP contribution >= 0.6 is 0 Å². The van der Waals surface area contributed by atoms with Crippen molar-refractivity contribution in [3.05, 3.63) is 34.4 Å². The van der Waals surface area contributed by atoms with Gasteiger partial charge in [0.25, 0.3) is 5.69 Å². The Labute approximate surface area is 264 Å². The number of carboxylic acids is 4. The van der Waals surface area contributed by atoms with Crippen molar-refractivity contribution in [1.29, 1.82) is 0 Å². The first-order valence-electron chi connectivity index (χ1n) is 14.3. The molecule has 264 valence electrons. The summed E-state index contributed by atoms with van der Waals surface area (Å²) in [5, 5.41) is 68.7. The van der Waals surface area contributed by atoms with E-state index in [4.69, 9.17) is 35.7 Å². The van der Waals surface area contributed by atoms with Crippen LogP contribution in [0.1, 0.15) is 97.3 Å². The zero-order chi connectivity index (χ0) is 33.6. The van der Waals surface area contributed by atoms with E-state index in [9.17, 15) is 29.3 Å². The van der Waals surface area contributed by atoms with Gasteiger partial charge in [0.1, 0.15) is 5.75 Å². The van der Waals surface area contributed by atoms with Gasteiger partial charge in [-0.3, -0.25) is 29.3 Å². The number of aliphatic hydroxyl groups excluding tert-OH is 2. The lowest BCUT2D eigenvalue weighted by Gasteiger charge is -2.19. The highest BCUT2D eigenvalue weighted by Gasteiger charge is 2.32. The molecule has 0 radical (unpaired) electrons. The summed E-state index contributed by atoms with van der Waals surface area (Å²) in [6.07, 6.45) is 8.79. The van der Waals surface area contributed by atoms with Crippen LogP contribution in [-0.2, 0) is 19.2 Å². The zero-order valence-corrected chi connectivity index (χ0v) is 26.5. The number of non-ortho nitro benzene ring substituents is 1. The number of rotatable bonds is 19. The number of phenolic OH excluding ortho intramolecular Hbond substituents is 1. The van der Waals surface area contributed by atoms with Gasteiger partial charge in [0.2, 0.25) is 0 Å². The molecule has 2 unspecified atom stereocenters. The van der Waals surface area contributed by atoms with E-state index in [1.165, 1.54) is 24.3 Å². The Hall–Kier alpha value is -3.86. The Bertz CT molecular complexity index is 856. The maximum atomic E-state index is 11.1. The molecule has 45 heavy (non-hydrogen) atoms. The molecule has 0 amide bonds. The molecule has 0 aliphatic rings. The van der Waals surface area contributed by atoms with E-state index in [2.05, 4.69) is 0 Å². The summed E-state index contributed by atoms with van der Waals surface area (Å²) in [5.41, 5.74) is -0.0159. The van der Waals surface area contributed by atoms with Crippen LogP contribution in [0.2, 0.25) is 0 Å². The van der Waals surface area contributed by atoms with Gasteiger partial charge in [-0.25, -0.2) is 0 Å². The number of nitro benzene ring substituents is 1. The van der Waals surface area contributed by atoms with Crippen LogP contribution < -0.4 is 12.3 Å². The number of hydrogen-bond acceptors (Lipinski definition) is 11. The molecule has 0 fully saturated rings. The van der Waals surface area contributed by atoms with Crippen molar-refractivity contribution in [2.45, 2.75) is 97.3 Å². The Morgan fingerprint density at radius 2 is 1.00 bits per heavy atom. The highest BCUT2D eigenvalue weighted by atomic mass is 16.6. The highest BCUT2D eigenvalue weighted by Crippen LogP contribution is 2.24. The van der Waals surface area contributed by atoms with Gasteiger partial charge in [0.05, 0.1) is 30.0 Å². The van der Waals surface area contributed by atoms with Crippen molar-refractivity contribution in [3.8, 4) is 5.75 Å². The lowest BCUT2D eigenvalue weighted by molar-refractivity contribution is -0.384. The van der Waals surface area contributed by atoms with Crippen molar-refractivity contribution < 1.29 is 59.8 Å². The fourth-order valence-electron chi connectivity index (χ4n) is 3.50. The molecule has 16 nitrogen and oxygen atoms in total. The van der Waals surface area contributed by atoms with Gasteiger partial charge >= 0.3 is 23.9 Å². The molecule has 0 bridgehead atoms. The number of nitrogens with zero attached hydrogens (tertiary/aromatic N) is 1. The number of unbranched alkanes of at least 4 members (excludes halogenated alkanes) is 6. The maximum Gasteiger partial charge on any atom is 0.307 e. The van der Waals surface area contributed by atoms with Gasteiger partial charge in [-0.2, -0.15) is 0 Å². The topological polar surface area (TPSA) is 323 Å². The van der Waals surface area contributed by atoms with E-state index >= 15 is 0 Å². The molecule has 2 atom stereocenters. The number of aliphatic hydroxyl groups is 2. The fraction of sp³-hybridized carbons (Fsp3) is 0.655. The Morgan fingerprint density at radius 1 is 0.667 bits per heavy atom. The summed E-state index contributed by atoms with van der Waals surface area (Å²) in [6, 6.07) is 5.04. The van der Waals surface area contributed by atoms with Crippen LogP contribution in [0, 0.1) is 22.0 Å². The molecule has 0 aliphatic heterocycles. The molecular weight excluding hydrogens is 598 g/mol. The first-order valence-corrected chi connectivity index (χ1v) is 14.3. The fourth-order valence-corrected chi connectivity index (χ4v) is 3.50. The number of phenols is 1. The largest absolute Gasteiger partial charge is 0.508 e. The van der Waals surface area contributed by atoms with Crippen LogP contribution in [0.25, 0.3) is 0 Å². The molecule has 13 N–H and O–H groups in total. The zero-order valence-electron chi connectivity index (χ0n) is 26.5. The minimum absolute atomic E-state index is 0. The lowest BCUT2D eigenvalue weighted by atomic mass is 9.84. The van der Waals surface area contributed by atoms with Crippen LogP contribution in [0.15, 0.2) is 24.3 Å². The molecule has 1 aromatic rings. The minimum atomic E-state index is -0.975. The summed E-state index contributed by atoms with van der Waals surface area (Å²) < 4.78 is 0. The van der Waals surface area contributed by atoms with Crippen LogP contribution in [-0.4, -0.2) is 77.8 Å². The molecule has 0 spiro atoms. The van der Waals surface area contributed by atoms with E-state index < -0.39 is 40.6 Å². The molecule has 0 aliphatic carbocycles. The monoisotopic (exact) mass is 653 g/mol. The average Bonchev–Trinajstić information content (AvgIpc) is 2.94. The number of aromatic hydroxyl groups is 1. The van der Waals surface area contributed by atoms with Gasteiger partial charge in [-0.05, 0) is 37.8 Å². The highest BCUT2D eigenvalue weighted by molar-refractivity contribution is 5.79. The number of nitro groups is 1. The standard InChI is InChI=1S/C12H22O4.C9H16O4.C6H5NO3.C2H6O2.2H3N/c1-3-5-7-9(11(13)14)10(12(15)16)8-6-4-2;10-8(11)6-4-2-1-3-5-7-9(12)13;8-6-3-1-5(2-4-6)7(9)10;3-1-2-4;;/h9-10H,3-8H2,1-2H3,(H,13,14)(H,15,16);1-7H2,(H,10,11)(H,12,13);1-4,8H;3-4H,1-2H2;2*1H3. The third-order valence-electron chi connectivity index (χ3n) is 5.80. The smallest absolute Gasteiger partial charge is 0.307 e. The molecular formula is C29H55N3O13. The second kappa shape index (κ2) is 34.6. The first kappa shape index (κ1) is 50.8. The van der Waals surface area contributed by atoms with Crippen molar-refractivity contribution >= 4 is 29.6 Å². The molecule has 0 saturated heterocycles. The van der Waals surface area contributed by atoms with E-state index in [0.29, 0.717) is 25.7 Å². The van der Waals surface area contributed by atoms with Crippen molar-refractivity contribution in [2.75, 3.05) is 13.2 Å². The summed E-state index contributed by atoms with van der Waals surface area (Å²) in [7, 11) is 0. The number of hydrogen-bond donors (Lipinski definition) is 9. The third-order valence-corrected chi connectivity index (χ3v) is 5.80. The van der Waals surface area contributed by atoms with E-state index in [-0.39, 0.29) is 49.8 Å². The number of carbonyl (C=O) groups is 4. The summed E-state index contributed by atoms with van der Waals surface area (Å²) in [5.74, 6) is -4.90. The molecule has 0 heterocycles. The van der Waals surface area contributed by atoms with Crippen molar-refractivity contribution in [1.82, 2.24) is 12.3 Å². The molecule has 0 saturated carbocycles. The summed E-state index contributed by atoms with van der Waals surface area (Å²) >= 11 is 0. The quantitative estimate of drug-likeness (QED) is 0.0522. The molecule has 16 heteroatoms. The predicted molar refractivity (Wildman–Crippen MR) is 168 cm³/mol. The van der Waals surface area contributed by atoms with E-state index in [1.54, 1.807) is 0 Å². The van der Waals surface area contributed by atoms with Crippen LogP contribution in [0.3, 0.4) is 0 Å². The van der Waals surface area contributed by atoms with Crippen molar-refractivity contribution in [2.24, 2.45) is 11.8 Å². The Balaban J connectivity index is -0.000000167. The molecule has 1 aromatic carbocycles. The third kappa shape index (κ3) is 34.5. The molecule has 0 aromatic heterocycles.